The molecule has 0 aliphatic carbocycles. The Morgan fingerprint density at radius 3 is 2.37 bits per heavy atom. The summed E-state index contributed by atoms with van der Waals surface area (Å²) in [5.41, 5.74) is 1.84. The number of benzene rings is 3. The summed E-state index contributed by atoms with van der Waals surface area (Å²) in [6.45, 7) is 3.47. The zero-order valence-electron chi connectivity index (χ0n) is 15.4. The van der Waals surface area contributed by atoms with Crippen molar-refractivity contribution in [2.75, 3.05) is 11.1 Å². The Hall–Kier alpha value is -2.79. The lowest BCUT2D eigenvalue weighted by molar-refractivity contribution is -0.119. The van der Waals surface area contributed by atoms with Gasteiger partial charge in [-0.2, -0.15) is 0 Å². The number of carbonyl (C=O) groups excluding carboxylic acids is 2. The van der Waals surface area contributed by atoms with E-state index in [0.29, 0.717) is 5.75 Å². The number of hydrogen-bond acceptors (Lipinski definition) is 3. The Labute approximate surface area is 163 Å². The lowest BCUT2D eigenvalue weighted by Gasteiger charge is -2.15. The molecule has 27 heavy (non-hydrogen) atoms. The molecule has 0 aliphatic rings. The average Bonchev–Trinajstić information content (AvgIpc) is 2.66. The van der Waals surface area contributed by atoms with E-state index in [1.54, 1.807) is 0 Å². The molecule has 1 atom stereocenters. The van der Waals surface area contributed by atoms with Crippen LogP contribution in [0, 0.1) is 0 Å². The fourth-order valence-corrected chi connectivity index (χ4v) is 3.54. The van der Waals surface area contributed by atoms with Gasteiger partial charge in [-0.25, -0.2) is 0 Å². The molecule has 3 aromatic carbocycles. The maximum absolute atomic E-state index is 12.3. The Bertz CT molecular complexity index is 954. The molecule has 2 N–H and O–H groups in total. The van der Waals surface area contributed by atoms with Gasteiger partial charge in [-0.1, -0.05) is 36.4 Å². The number of amides is 2. The van der Waals surface area contributed by atoms with E-state index in [4.69, 9.17) is 0 Å². The fraction of sp³-hybridized carbons (Fsp3) is 0.182. The van der Waals surface area contributed by atoms with E-state index in [9.17, 15) is 9.59 Å². The molecule has 0 heterocycles. The van der Waals surface area contributed by atoms with Crippen LogP contribution in [0.15, 0.2) is 71.6 Å². The second kappa shape index (κ2) is 8.73. The fourth-order valence-electron chi connectivity index (χ4n) is 2.83. The van der Waals surface area contributed by atoms with Gasteiger partial charge in [0.2, 0.25) is 11.8 Å². The van der Waals surface area contributed by atoms with Crippen molar-refractivity contribution in [3.63, 3.8) is 0 Å². The van der Waals surface area contributed by atoms with Crippen LogP contribution in [0.3, 0.4) is 0 Å². The van der Waals surface area contributed by atoms with Crippen LogP contribution in [0.2, 0.25) is 0 Å². The van der Waals surface area contributed by atoms with Gasteiger partial charge in [0, 0.05) is 17.5 Å². The van der Waals surface area contributed by atoms with Gasteiger partial charge in [0.1, 0.15) is 0 Å². The molecule has 2 amide bonds. The predicted molar refractivity (Wildman–Crippen MR) is 112 cm³/mol. The maximum Gasteiger partial charge on any atom is 0.230 e. The monoisotopic (exact) mass is 378 g/mol. The summed E-state index contributed by atoms with van der Waals surface area (Å²) >= 11 is 1.47. The smallest absolute Gasteiger partial charge is 0.230 e. The highest BCUT2D eigenvalue weighted by Crippen LogP contribution is 2.22. The lowest BCUT2D eigenvalue weighted by atomic mass is 10.0. The van der Waals surface area contributed by atoms with Crippen molar-refractivity contribution in [1.29, 1.82) is 0 Å². The molecular formula is C22H22N2O2S. The minimum Gasteiger partial charge on any atom is -0.349 e. The summed E-state index contributed by atoms with van der Waals surface area (Å²) in [6.07, 6.45) is 0. The van der Waals surface area contributed by atoms with Gasteiger partial charge >= 0.3 is 0 Å². The van der Waals surface area contributed by atoms with Crippen LogP contribution < -0.4 is 10.6 Å². The third-order valence-electron chi connectivity index (χ3n) is 4.20. The van der Waals surface area contributed by atoms with Crippen LogP contribution in [-0.2, 0) is 9.59 Å². The zero-order chi connectivity index (χ0) is 19.2. The van der Waals surface area contributed by atoms with E-state index in [1.165, 1.54) is 29.5 Å². The molecule has 1 unspecified atom stereocenters. The van der Waals surface area contributed by atoms with E-state index >= 15 is 0 Å². The minimum atomic E-state index is -0.0996. The van der Waals surface area contributed by atoms with Crippen LogP contribution >= 0.6 is 11.8 Å². The molecule has 0 spiro atoms. The summed E-state index contributed by atoms with van der Waals surface area (Å²) in [5, 5.41) is 8.14. The molecule has 0 bridgehead atoms. The molecule has 0 saturated carbocycles. The number of anilines is 1. The maximum atomic E-state index is 12.3. The summed E-state index contributed by atoms with van der Waals surface area (Å²) in [6, 6.07) is 21.9. The van der Waals surface area contributed by atoms with Gasteiger partial charge in [-0.05, 0) is 53.6 Å². The molecule has 0 saturated heterocycles. The average molecular weight is 378 g/mol. The van der Waals surface area contributed by atoms with Crippen molar-refractivity contribution in [1.82, 2.24) is 5.32 Å². The van der Waals surface area contributed by atoms with Crippen molar-refractivity contribution in [3.05, 3.63) is 72.3 Å². The highest BCUT2D eigenvalue weighted by Gasteiger charge is 2.10. The number of thioether (sulfide) groups is 1. The van der Waals surface area contributed by atoms with Gasteiger partial charge < -0.3 is 10.6 Å². The van der Waals surface area contributed by atoms with Crippen LogP contribution in [0.1, 0.15) is 25.5 Å². The van der Waals surface area contributed by atoms with E-state index < -0.39 is 0 Å². The van der Waals surface area contributed by atoms with Gasteiger partial charge in [-0.15, -0.1) is 11.8 Å². The van der Waals surface area contributed by atoms with Crippen molar-refractivity contribution in [3.8, 4) is 0 Å². The third-order valence-corrected chi connectivity index (χ3v) is 5.21. The molecule has 5 heteroatoms. The summed E-state index contributed by atoms with van der Waals surface area (Å²) in [4.78, 5) is 24.3. The predicted octanol–water partition coefficient (Wildman–Crippen LogP) is 4.77. The standard InChI is InChI=1S/C22H22N2O2S/c1-15(18-8-7-17-5-3-4-6-19(17)13-18)23-22(26)14-27-21-11-9-20(10-12-21)24-16(2)25/h3-13,15H,14H2,1-2H3,(H,23,26)(H,24,25). The molecule has 0 radical (unpaired) electrons. The van der Waals surface area contributed by atoms with Crippen molar-refractivity contribution >= 4 is 40.0 Å². The number of nitrogens with one attached hydrogen (secondary N) is 2. The largest absolute Gasteiger partial charge is 0.349 e. The van der Waals surface area contributed by atoms with Crippen LogP contribution in [0.25, 0.3) is 10.8 Å². The van der Waals surface area contributed by atoms with Gasteiger partial charge in [0.05, 0.1) is 11.8 Å². The summed E-state index contributed by atoms with van der Waals surface area (Å²) in [5.74, 6) is 0.237. The first-order valence-corrected chi connectivity index (χ1v) is 9.78. The van der Waals surface area contributed by atoms with E-state index in [-0.39, 0.29) is 17.9 Å². The Morgan fingerprint density at radius 2 is 1.67 bits per heavy atom. The van der Waals surface area contributed by atoms with Gasteiger partial charge in [0.25, 0.3) is 0 Å². The molecule has 0 aliphatic heterocycles. The topological polar surface area (TPSA) is 58.2 Å². The second-order valence-electron chi connectivity index (χ2n) is 6.39. The first-order valence-electron chi connectivity index (χ1n) is 8.80. The molecule has 138 valence electrons. The first kappa shape index (κ1) is 19.0. The van der Waals surface area contributed by atoms with Crippen molar-refractivity contribution in [2.45, 2.75) is 24.8 Å². The molecule has 0 fully saturated rings. The Balaban J connectivity index is 1.54. The van der Waals surface area contributed by atoms with Crippen LogP contribution in [0.5, 0.6) is 0 Å². The van der Waals surface area contributed by atoms with Crippen molar-refractivity contribution < 1.29 is 9.59 Å². The lowest BCUT2D eigenvalue weighted by Crippen LogP contribution is -2.28. The molecule has 0 aromatic heterocycles. The second-order valence-corrected chi connectivity index (χ2v) is 7.44. The third kappa shape index (κ3) is 5.34. The van der Waals surface area contributed by atoms with Gasteiger partial charge in [-0.3, -0.25) is 9.59 Å². The number of rotatable bonds is 6. The van der Waals surface area contributed by atoms with Crippen molar-refractivity contribution in [2.24, 2.45) is 0 Å². The zero-order valence-corrected chi connectivity index (χ0v) is 16.2. The highest BCUT2D eigenvalue weighted by molar-refractivity contribution is 8.00. The quantitative estimate of drug-likeness (QED) is 0.608. The first-order chi connectivity index (χ1) is 13.0. The highest BCUT2D eigenvalue weighted by atomic mass is 32.2. The van der Waals surface area contributed by atoms with Crippen LogP contribution in [-0.4, -0.2) is 17.6 Å². The van der Waals surface area contributed by atoms with E-state index in [2.05, 4.69) is 41.0 Å². The van der Waals surface area contributed by atoms with Gasteiger partial charge in [0.15, 0.2) is 0 Å². The van der Waals surface area contributed by atoms with E-state index in [1.807, 2.05) is 43.3 Å². The summed E-state index contributed by atoms with van der Waals surface area (Å²) in [7, 11) is 0. The minimum absolute atomic E-state index is 0.00778. The number of fused-ring (bicyclic) bond motifs is 1. The molecule has 3 aromatic rings. The number of hydrogen-bond donors (Lipinski definition) is 2. The Kier molecular flexibility index (Phi) is 6.14. The Morgan fingerprint density at radius 1 is 0.963 bits per heavy atom. The molecular weight excluding hydrogens is 356 g/mol. The molecule has 4 nitrogen and oxygen atoms in total. The number of carbonyl (C=O) groups is 2. The van der Waals surface area contributed by atoms with Crippen LogP contribution in [0.4, 0.5) is 5.69 Å². The SMILES string of the molecule is CC(=O)Nc1ccc(SCC(=O)NC(C)c2ccc3ccccc3c2)cc1. The summed E-state index contributed by atoms with van der Waals surface area (Å²) < 4.78 is 0. The molecule has 3 rings (SSSR count). The van der Waals surface area contributed by atoms with E-state index in [0.717, 1.165) is 16.1 Å². The normalized spacial score (nSPS) is 11.8.